The van der Waals surface area contributed by atoms with E-state index in [2.05, 4.69) is 0 Å². The highest BCUT2D eigenvalue weighted by Crippen LogP contribution is 2.18. The molecular formula is C16H27N3O. The van der Waals surface area contributed by atoms with Crippen molar-refractivity contribution in [3.8, 4) is 0 Å². The van der Waals surface area contributed by atoms with Crippen LogP contribution in [0, 0.1) is 10.8 Å². The van der Waals surface area contributed by atoms with E-state index in [0.29, 0.717) is 12.8 Å². The average Bonchev–Trinajstić information content (AvgIpc) is 2.36. The molecule has 0 aliphatic carbocycles. The van der Waals surface area contributed by atoms with Crippen molar-refractivity contribution in [1.29, 1.82) is 10.8 Å². The van der Waals surface area contributed by atoms with E-state index >= 15 is 0 Å². The molecule has 0 aliphatic heterocycles. The first-order valence-corrected chi connectivity index (χ1v) is 6.92. The molecule has 4 nitrogen and oxygen atoms in total. The van der Waals surface area contributed by atoms with Crippen LogP contribution in [-0.4, -0.2) is 18.2 Å². The van der Waals surface area contributed by atoms with Gasteiger partial charge in [-0.2, -0.15) is 0 Å². The fraction of sp³-hybridized carbons (Fsp3) is 0.500. The van der Waals surface area contributed by atoms with Gasteiger partial charge in [-0.15, -0.1) is 0 Å². The van der Waals surface area contributed by atoms with E-state index in [1.807, 2.05) is 46.8 Å². The molecule has 0 aromatic rings. The lowest BCUT2D eigenvalue weighted by molar-refractivity contribution is 0.157. The maximum absolute atomic E-state index is 7.56. The van der Waals surface area contributed by atoms with Crippen molar-refractivity contribution in [2.24, 2.45) is 5.73 Å². The van der Waals surface area contributed by atoms with E-state index in [-0.39, 0.29) is 11.9 Å². The van der Waals surface area contributed by atoms with Crippen molar-refractivity contribution in [2.45, 2.75) is 53.6 Å². The van der Waals surface area contributed by atoms with Crippen molar-refractivity contribution in [3.05, 3.63) is 34.6 Å². The Labute approximate surface area is 122 Å². The van der Waals surface area contributed by atoms with Gasteiger partial charge in [0.15, 0.2) is 0 Å². The lowest BCUT2D eigenvalue weighted by atomic mass is 9.98. The van der Waals surface area contributed by atoms with Gasteiger partial charge in [0.1, 0.15) is 11.6 Å². The highest BCUT2D eigenvalue weighted by atomic mass is 16.5. The molecule has 0 amide bonds. The summed E-state index contributed by atoms with van der Waals surface area (Å²) in [6.07, 6.45) is 6.57. The second-order valence-electron chi connectivity index (χ2n) is 4.94. The third kappa shape index (κ3) is 6.36. The van der Waals surface area contributed by atoms with E-state index in [9.17, 15) is 0 Å². The topological polar surface area (TPSA) is 83.0 Å². The third-order valence-electron chi connectivity index (χ3n) is 2.75. The van der Waals surface area contributed by atoms with Crippen molar-refractivity contribution >= 4 is 12.1 Å². The van der Waals surface area contributed by atoms with Crippen LogP contribution in [0.4, 0.5) is 0 Å². The smallest absolute Gasteiger partial charge is 0.118 e. The summed E-state index contributed by atoms with van der Waals surface area (Å²) in [5.41, 5.74) is 8.15. The van der Waals surface area contributed by atoms with Gasteiger partial charge in [-0.05, 0) is 63.8 Å². The van der Waals surface area contributed by atoms with E-state index < -0.39 is 0 Å². The normalized spacial score (nSPS) is 14.1. The van der Waals surface area contributed by atoms with Gasteiger partial charge in [0, 0.05) is 6.21 Å². The lowest BCUT2D eigenvalue weighted by Crippen LogP contribution is -2.15. The average molecular weight is 277 g/mol. The highest BCUT2D eigenvalue weighted by molar-refractivity contribution is 6.00. The maximum atomic E-state index is 7.56. The van der Waals surface area contributed by atoms with Crippen LogP contribution in [0.5, 0.6) is 0 Å². The van der Waals surface area contributed by atoms with E-state index in [4.69, 9.17) is 21.3 Å². The van der Waals surface area contributed by atoms with Gasteiger partial charge in [-0.3, -0.25) is 5.41 Å². The Morgan fingerprint density at radius 1 is 1.35 bits per heavy atom. The van der Waals surface area contributed by atoms with Crippen molar-refractivity contribution in [1.82, 2.24) is 0 Å². The maximum Gasteiger partial charge on any atom is 0.118 e. The third-order valence-corrected chi connectivity index (χ3v) is 2.75. The first-order valence-electron chi connectivity index (χ1n) is 6.92. The molecule has 0 unspecified atom stereocenters. The molecule has 20 heavy (non-hydrogen) atoms. The fourth-order valence-electron chi connectivity index (χ4n) is 1.89. The second kappa shape index (κ2) is 9.13. The van der Waals surface area contributed by atoms with Crippen molar-refractivity contribution in [2.75, 3.05) is 0 Å². The Morgan fingerprint density at radius 2 is 1.95 bits per heavy atom. The summed E-state index contributed by atoms with van der Waals surface area (Å²) in [7, 11) is 0. The molecule has 0 heterocycles. The van der Waals surface area contributed by atoms with Crippen molar-refractivity contribution < 1.29 is 4.74 Å². The quantitative estimate of drug-likeness (QED) is 0.272. The molecule has 0 radical (unpaired) electrons. The van der Waals surface area contributed by atoms with E-state index in [0.717, 1.165) is 22.5 Å². The fourth-order valence-corrected chi connectivity index (χ4v) is 1.89. The van der Waals surface area contributed by atoms with Crippen LogP contribution in [0.3, 0.4) is 0 Å². The number of nitrogens with one attached hydrogen (secondary N) is 2. The summed E-state index contributed by atoms with van der Waals surface area (Å²) < 4.78 is 5.66. The minimum atomic E-state index is 0.0449. The number of hydrogen-bond acceptors (Lipinski definition) is 3. The summed E-state index contributed by atoms with van der Waals surface area (Å²) in [4.78, 5) is 0. The Morgan fingerprint density at radius 3 is 2.30 bits per heavy atom. The number of nitrogens with two attached hydrogens (primary N) is 1. The predicted molar refractivity (Wildman–Crippen MR) is 86.4 cm³/mol. The summed E-state index contributed by atoms with van der Waals surface area (Å²) in [6, 6.07) is 0. The molecule has 0 atom stereocenters. The molecule has 0 rings (SSSR count). The molecule has 4 heteroatoms. The Hall–Kier alpha value is -1.84. The monoisotopic (exact) mass is 277 g/mol. The van der Waals surface area contributed by atoms with Crippen LogP contribution in [0.1, 0.15) is 47.5 Å². The first kappa shape index (κ1) is 18.2. The molecule has 0 bridgehead atoms. The summed E-state index contributed by atoms with van der Waals surface area (Å²) in [5, 5.41) is 15.1. The second-order valence-corrected chi connectivity index (χ2v) is 4.94. The van der Waals surface area contributed by atoms with Crippen LogP contribution in [0.15, 0.2) is 34.6 Å². The zero-order chi connectivity index (χ0) is 15.7. The lowest BCUT2D eigenvalue weighted by Gasteiger charge is -2.13. The number of allylic oxidation sites excluding steroid dienone is 4. The van der Waals surface area contributed by atoms with E-state index in [1.54, 1.807) is 0 Å². The number of ether oxygens (including phenoxy) is 1. The zero-order valence-corrected chi connectivity index (χ0v) is 13.2. The SMILES string of the molecule is C/C=C(\C=C(\C)C/C(C=N)=C(/CC)C(=N)N)OC(C)C. The Bertz CT molecular complexity index is 443. The van der Waals surface area contributed by atoms with Gasteiger partial charge < -0.3 is 15.9 Å². The molecule has 0 aliphatic rings. The molecule has 0 aromatic carbocycles. The number of hydrogen-bond donors (Lipinski definition) is 3. The highest BCUT2D eigenvalue weighted by Gasteiger charge is 2.07. The van der Waals surface area contributed by atoms with Crippen LogP contribution < -0.4 is 5.73 Å². The standard InChI is InChI=1S/C16H27N3O/c1-6-14(20-11(3)4)9-12(5)8-13(10-17)15(7-2)16(18)19/h6,9-11,17H,7-8H2,1-5H3,(H3,18,19)/b12-9-,14-6+,15-13+,17-10?. The minimum absolute atomic E-state index is 0.0449. The van der Waals surface area contributed by atoms with Crippen LogP contribution in [0.25, 0.3) is 0 Å². The van der Waals surface area contributed by atoms with Gasteiger partial charge in [-0.25, -0.2) is 0 Å². The van der Waals surface area contributed by atoms with E-state index in [1.165, 1.54) is 6.21 Å². The molecule has 0 fully saturated rings. The molecule has 0 saturated carbocycles. The number of amidine groups is 1. The number of rotatable bonds is 8. The van der Waals surface area contributed by atoms with Crippen molar-refractivity contribution in [3.63, 3.8) is 0 Å². The summed E-state index contributed by atoms with van der Waals surface area (Å²) in [6.45, 7) is 9.84. The molecule has 4 N–H and O–H groups in total. The first-order chi connectivity index (χ1) is 9.35. The minimum Gasteiger partial charge on any atom is -0.491 e. The zero-order valence-electron chi connectivity index (χ0n) is 13.2. The molecule has 0 saturated heterocycles. The van der Waals surface area contributed by atoms with Gasteiger partial charge >= 0.3 is 0 Å². The summed E-state index contributed by atoms with van der Waals surface area (Å²) in [5.74, 6) is 0.867. The largest absolute Gasteiger partial charge is 0.491 e. The van der Waals surface area contributed by atoms with Crippen LogP contribution >= 0.6 is 0 Å². The van der Waals surface area contributed by atoms with Gasteiger partial charge in [0.25, 0.3) is 0 Å². The Kier molecular flexibility index (Phi) is 8.29. The molecule has 112 valence electrons. The van der Waals surface area contributed by atoms with Gasteiger partial charge in [0.05, 0.1) is 6.10 Å². The van der Waals surface area contributed by atoms with Crippen LogP contribution in [-0.2, 0) is 4.74 Å². The Balaban J connectivity index is 5.17. The summed E-state index contributed by atoms with van der Waals surface area (Å²) >= 11 is 0. The van der Waals surface area contributed by atoms with Gasteiger partial charge in [0.2, 0.25) is 0 Å². The molecular weight excluding hydrogens is 250 g/mol. The van der Waals surface area contributed by atoms with Crippen LogP contribution in [0.2, 0.25) is 0 Å². The van der Waals surface area contributed by atoms with Gasteiger partial charge in [-0.1, -0.05) is 12.5 Å². The predicted octanol–water partition coefficient (Wildman–Crippen LogP) is 3.94. The molecule has 0 aromatic heterocycles. The molecule has 0 spiro atoms.